The molecule has 3 aromatic rings. The van der Waals surface area contributed by atoms with E-state index >= 15 is 0 Å². The fraction of sp³-hybridized carbons (Fsp3) is 0.459. The second kappa shape index (κ2) is 16.6. The fourth-order valence-corrected chi connectivity index (χ4v) is 6.42. The highest BCUT2D eigenvalue weighted by molar-refractivity contribution is 6.00. The van der Waals surface area contributed by atoms with E-state index in [1.807, 2.05) is 39.0 Å². The molecule has 1 saturated heterocycles. The van der Waals surface area contributed by atoms with Crippen LogP contribution in [-0.2, 0) is 12.8 Å². The normalized spacial score (nSPS) is 17.8. The molecule has 242 valence electrons. The number of carbonyl (C=O) groups is 2. The number of hydrogen-bond donors (Lipinski definition) is 3. The van der Waals surface area contributed by atoms with Crippen LogP contribution in [0, 0.1) is 24.5 Å². The quantitative estimate of drug-likeness (QED) is 0.200. The number of nitrogens with one attached hydrogen (secondary N) is 2. The number of rotatable bonds is 14. The first-order valence-electron chi connectivity index (χ1n) is 16.3. The third kappa shape index (κ3) is 9.93. The van der Waals surface area contributed by atoms with Crippen LogP contribution in [0.15, 0.2) is 66.7 Å². The van der Waals surface area contributed by atoms with Gasteiger partial charge in [0.2, 0.25) is 0 Å². The minimum Gasteiger partial charge on any atom is -0.389 e. The maximum absolute atomic E-state index is 14.1. The summed E-state index contributed by atoms with van der Waals surface area (Å²) in [6, 6.07) is 17.5. The van der Waals surface area contributed by atoms with Gasteiger partial charge >= 0.3 is 0 Å². The molecule has 1 fully saturated rings. The lowest BCUT2D eigenvalue weighted by Gasteiger charge is -2.37. The zero-order valence-electron chi connectivity index (χ0n) is 26.7. The van der Waals surface area contributed by atoms with Crippen LogP contribution in [0.4, 0.5) is 8.78 Å². The number of amides is 2. The number of nitrogens with zero attached hydrogens (tertiary/aromatic N) is 1. The number of benzene rings is 3. The largest absolute Gasteiger partial charge is 0.389 e. The van der Waals surface area contributed by atoms with Gasteiger partial charge in [0.05, 0.1) is 12.1 Å². The van der Waals surface area contributed by atoms with Crippen LogP contribution in [0.5, 0.6) is 0 Å². The Hall–Kier alpha value is -3.62. The van der Waals surface area contributed by atoms with Gasteiger partial charge in [-0.2, -0.15) is 0 Å². The summed E-state index contributed by atoms with van der Waals surface area (Å²) in [6.45, 7) is 7.86. The average Bonchev–Trinajstić information content (AvgIpc) is 3.02. The fourth-order valence-electron chi connectivity index (χ4n) is 6.42. The van der Waals surface area contributed by atoms with Crippen LogP contribution >= 0.6 is 0 Å². The maximum atomic E-state index is 14.1. The number of piperidine rings is 1. The summed E-state index contributed by atoms with van der Waals surface area (Å²) in [5.41, 5.74) is 3.10. The van der Waals surface area contributed by atoms with Gasteiger partial charge in [-0.3, -0.25) is 9.59 Å². The van der Waals surface area contributed by atoms with Crippen molar-refractivity contribution in [3.63, 3.8) is 0 Å². The van der Waals surface area contributed by atoms with Crippen LogP contribution in [0.1, 0.15) is 83.4 Å². The number of aliphatic hydroxyl groups is 1. The van der Waals surface area contributed by atoms with Gasteiger partial charge in [0.1, 0.15) is 11.6 Å². The molecule has 4 rings (SSSR count). The molecular formula is C37H47F2N3O3. The predicted octanol–water partition coefficient (Wildman–Crippen LogP) is 6.24. The van der Waals surface area contributed by atoms with Crippen molar-refractivity contribution < 1.29 is 23.5 Å². The van der Waals surface area contributed by atoms with Crippen molar-refractivity contribution in [2.75, 3.05) is 19.6 Å². The topological polar surface area (TPSA) is 81.7 Å². The molecule has 0 spiro atoms. The van der Waals surface area contributed by atoms with E-state index in [1.54, 1.807) is 23.1 Å². The number of hydrogen-bond acceptors (Lipinski definition) is 4. The minimum absolute atomic E-state index is 0.0346. The molecule has 3 N–H and O–H groups in total. The standard InChI is InChI=1S/C37H47F2N3O3/c1-4-15-42(16-5-2)37(45)30-18-25(3)17-29(23-30)36(44)41-34(22-28-19-31(38)24-32(39)20-28)35(43)33-21-27(13-14-40-33)12-11-26-9-7-6-8-10-26/h6-10,17-20,23-24,27,33-35,40,43H,4-5,11-16,21-22H2,1-3H3,(H,41,44)/t27-,33+,34-,35+/m0/s1. The second-order valence-electron chi connectivity index (χ2n) is 12.4. The Bertz CT molecular complexity index is 1390. The summed E-state index contributed by atoms with van der Waals surface area (Å²) in [5.74, 6) is -1.63. The minimum atomic E-state index is -1.02. The molecular weight excluding hydrogens is 572 g/mol. The van der Waals surface area contributed by atoms with E-state index in [4.69, 9.17) is 0 Å². The van der Waals surface area contributed by atoms with Gasteiger partial charge in [0.15, 0.2) is 0 Å². The van der Waals surface area contributed by atoms with Crippen molar-refractivity contribution in [2.24, 2.45) is 5.92 Å². The number of carbonyl (C=O) groups excluding carboxylic acids is 2. The summed E-state index contributed by atoms with van der Waals surface area (Å²) in [4.78, 5) is 28.9. The van der Waals surface area contributed by atoms with Crippen molar-refractivity contribution in [2.45, 2.75) is 83.9 Å². The van der Waals surface area contributed by atoms with Gasteiger partial charge in [-0.1, -0.05) is 44.2 Å². The molecule has 1 heterocycles. The predicted molar refractivity (Wildman–Crippen MR) is 174 cm³/mol. The van der Waals surface area contributed by atoms with Gasteiger partial charge in [-0.15, -0.1) is 0 Å². The first-order valence-corrected chi connectivity index (χ1v) is 16.3. The van der Waals surface area contributed by atoms with E-state index in [2.05, 4.69) is 22.8 Å². The first kappa shape index (κ1) is 34.3. The van der Waals surface area contributed by atoms with Crippen LogP contribution in [0.25, 0.3) is 0 Å². The third-order valence-corrected chi connectivity index (χ3v) is 8.61. The molecule has 1 aliphatic rings. The second-order valence-corrected chi connectivity index (χ2v) is 12.4. The summed E-state index contributed by atoms with van der Waals surface area (Å²) in [6.07, 6.45) is 4.29. The van der Waals surface area contributed by atoms with Gasteiger partial charge in [-0.25, -0.2) is 8.78 Å². The monoisotopic (exact) mass is 619 g/mol. The Morgan fingerprint density at radius 2 is 1.62 bits per heavy atom. The first-order chi connectivity index (χ1) is 21.7. The van der Waals surface area contributed by atoms with E-state index in [0.29, 0.717) is 42.1 Å². The summed E-state index contributed by atoms with van der Waals surface area (Å²) >= 11 is 0. The summed E-state index contributed by atoms with van der Waals surface area (Å²) in [7, 11) is 0. The zero-order valence-corrected chi connectivity index (χ0v) is 26.7. The van der Waals surface area contributed by atoms with E-state index in [-0.39, 0.29) is 18.4 Å². The molecule has 6 nitrogen and oxygen atoms in total. The highest BCUT2D eigenvalue weighted by Gasteiger charge is 2.33. The summed E-state index contributed by atoms with van der Waals surface area (Å²) < 4.78 is 28.3. The Balaban J connectivity index is 1.54. The highest BCUT2D eigenvalue weighted by Crippen LogP contribution is 2.26. The lowest BCUT2D eigenvalue weighted by molar-refractivity contribution is 0.0568. The van der Waals surface area contributed by atoms with Crippen molar-refractivity contribution in [3.8, 4) is 0 Å². The molecule has 0 aromatic heterocycles. The number of aryl methyl sites for hydroxylation is 2. The van der Waals surface area contributed by atoms with Crippen LogP contribution in [-0.4, -0.2) is 59.6 Å². The van der Waals surface area contributed by atoms with Gasteiger partial charge in [-0.05, 0) is 111 Å². The molecule has 0 aliphatic carbocycles. The van der Waals surface area contributed by atoms with Crippen molar-refractivity contribution in [1.82, 2.24) is 15.5 Å². The molecule has 3 aromatic carbocycles. The van der Waals surface area contributed by atoms with Crippen molar-refractivity contribution >= 4 is 11.8 Å². The Morgan fingerprint density at radius 1 is 0.956 bits per heavy atom. The molecule has 4 atom stereocenters. The number of halogens is 2. The molecule has 0 bridgehead atoms. The molecule has 0 saturated carbocycles. The van der Waals surface area contributed by atoms with Crippen LogP contribution < -0.4 is 10.6 Å². The molecule has 0 unspecified atom stereocenters. The Kier molecular flexibility index (Phi) is 12.7. The molecule has 2 amide bonds. The van der Waals surface area contributed by atoms with Crippen LogP contribution in [0.3, 0.4) is 0 Å². The SMILES string of the molecule is CCCN(CCC)C(=O)c1cc(C)cc(C(=O)N[C@@H](Cc2cc(F)cc(F)c2)[C@H](O)[C@H]2C[C@@H](CCc3ccccc3)CCN2)c1. The lowest BCUT2D eigenvalue weighted by atomic mass is 9.83. The Morgan fingerprint density at radius 3 is 2.29 bits per heavy atom. The highest BCUT2D eigenvalue weighted by atomic mass is 19.1. The summed E-state index contributed by atoms with van der Waals surface area (Å²) in [5, 5.41) is 18.1. The van der Waals surface area contributed by atoms with E-state index in [9.17, 15) is 23.5 Å². The average molecular weight is 620 g/mol. The molecule has 8 heteroatoms. The maximum Gasteiger partial charge on any atom is 0.253 e. The lowest BCUT2D eigenvalue weighted by Crippen LogP contribution is -2.56. The van der Waals surface area contributed by atoms with E-state index in [0.717, 1.165) is 50.3 Å². The molecule has 0 radical (unpaired) electrons. The van der Waals surface area contributed by atoms with Gasteiger partial charge < -0.3 is 20.6 Å². The van der Waals surface area contributed by atoms with Crippen LogP contribution in [0.2, 0.25) is 0 Å². The Labute approximate surface area is 266 Å². The van der Waals surface area contributed by atoms with Gasteiger partial charge in [0, 0.05) is 36.3 Å². The zero-order chi connectivity index (χ0) is 32.3. The van der Waals surface area contributed by atoms with Crippen molar-refractivity contribution in [3.05, 3.63) is 106 Å². The third-order valence-electron chi connectivity index (χ3n) is 8.61. The molecule has 45 heavy (non-hydrogen) atoms. The van der Waals surface area contributed by atoms with E-state index < -0.39 is 29.7 Å². The van der Waals surface area contributed by atoms with Gasteiger partial charge in [0.25, 0.3) is 11.8 Å². The number of aliphatic hydroxyl groups excluding tert-OH is 1. The molecule has 1 aliphatic heterocycles. The van der Waals surface area contributed by atoms with E-state index in [1.165, 1.54) is 17.7 Å². The smallest absolute Gasteiger partial charge is 0.253 e. The van der Waals surface area contributed by atoms with Crippen molar-refractivity contribution in [1.29, 1.82) is 0 Å².